The first-order chi connectivity index (χ1) is 8.74. The molecule has 2 rings (SSSR count). The lowest BCUT2D eigenvalue weighted by atomic mass is 10.1. The molecule has 1 aromatic carbocycles. The van der Waals surface area contributed by atoms with Crippen LogP contribution >= 0.6 is 11.8 Å². The summed E-state index contributed by atoms with van der Waals surface area (Å²) in [5, 5.41) is 12.0. The lowest BCUT2D eigenvalue weighted by Gasteiger charge is -2.23. The van der Waals surface area contributed by atoms with E-state index in [0.717, 1.165) is 18.6 Å². The van der Waals surface area contributed by atoms with Crippen molar-refractivity contribution in [3.63, 3.8) is 0 Å². The van der Waals surface area contributed by atoms with E-state index in [1.807, 2.05) is 18.2 Å². The zero-order valence-electron chi connectivity index (χ0n) is 10.7. The van der Waals surface area contributed by atoms with Gasteiger partial charge in [-0.3, -0.25) is 0 Å². The van der Waals surface area contributed by atoms with E-state index in [1.54, 1.807) is 11.8 Å². The quantitative estimate of drug-likeness (QED) is 0.907. The number of hydrogen-bond donors (Lipinski definition) is 1. The molecular formula is C15H20O2S. The van der Waals surface area contributed by atoms with Crippen LogP contribution < -0.4 is 0 Å². The maximum absolute atomic E-state index is 9.84. The number of benzene rings is 1. The Kier molecular flexibility index (Phi) is 5.29. The Bertz CT molecular complexity index is 389. The van der Waals surface area contributed by atoms with Crippen LogP contribution in [0.4, 0.5) is 0 Å². The molecule has 0 radical (unpaired) electrons. The highest BCUT2D eigenvalue weighted by Crippen LogP contribution is 2.23. The molecule has 0 spiro atoms. The Morgan fingerprint density at radius 3 is 2.89 bits per heavy atom. The van der Waals surface area contributed by atoms with E-state index in [4.69, 9.17) is 4.74 Å². The zero-order chi connectivity index (χ0) is 12.8. The molecule has 18 heavy (non-hydrogen) atoms. The molecule has 0 aliphatic carbocycles. The predicted octanol–water partition coefficient (Wildman–Crippen LogP) is 3.36. The van der Waals surface area contributed by atoms with Crippen LogP contribution in [0.15, 0.2) is 41.3 Å². The second-order valence-electron chi connectivity index (χ2n) is 4.81. The van der Waals surface area contributed by atoms with Gasteiger partial charge in [0.2, 0.25) is 0 Å². The molecule has 0 amide bonds. The average Bonchev–Trinajstić information content (AvgIpc) is 2.35. The topological polar surface area (TPSA) is 29.5 Å². The molecule has 0 unspecified atom stereocenters. The molecule has 1 aromatic rings. The van der Waals surface area contributed by atoms with Gasteiger partial charge in [-0.25, -0.2) is 0 Å². The standard InChI is InChI=1S/C15H20O2S/c1-12-7-15(8-14(16)11-18-10-12)17-9-13-5-3-2-4-6-13/h2-6,10,14-16H,7-9,11H2,1H3/b12-10-/t14-,15+/m0/s1. The van der Waals surface area contributed by atoms with Crippen LogP contribution in [0.2, 0.25) is 0 Å². The van der Waals surface area contributed by atoms with Gasteiger partial charge >= 0.3 is 0 Å². The molecule has 0 saturated carbocycles. The SMILES string of the molecule is C/C1=C/SC[C@@H](O)C[C@H](OCc2ccccc2)C1. The molecule has 3 heteroatoms. The van der Waals surface area contributed by atoms with Crippen LogP contribution in [-0.4, -0.2) is 23.1 Å². The van der Waals surface area contributed by atoms with E-state index in [0.29, 0.717) is 6.61 Å². The Balaban J connectivity index is 1.90. The smallest absolute Gasteiger partial charge is 0.0720 e. The molecule has 0 aromatic heterocycles. The summed E-state index contributed by atoms with van der Waals surface area (Å²) in [6.07, 6.45) is 1.50. The molecular weight excluding hydrogens is 244 g/mol. The average molecular weight is 264 g/mol. The third kappa shape index (κ3) is 4.48. The summed E-state index contributed by atoms with van der Waals surface area (Å²) in [6, 6.07) is 10.2. The Morgan fingerprint density at radius 2 is 2.11 bits per heavy atom. The van der Waals surface area contributed by atoms with Gasteiger partial charge in [0.25, 0.3) is 0 Å². The Labute approximate surface area is 113 Å². The van der Waals surface area contributed by atoms with Crippen molar-refractivity contribution in [3.05, 3.63) is 46.9 Å². The summed E-state index contributed by atoms with van der Waals surface area (Å²) in [6.45, 7) is 2.75. The van der Waals surface area contributed by atoms with Gasteiger partial charge in [0.15, 0.2) is 0 Å². The number of ether oxygens (including phenoxy) is 1. The molecule has 1 aliphatic heterocycles. The normalized spacial score (nSPS) is 28.0. The van der Waals surface area contributed by atoms with Crippen molar-refractivity contribution in [2.75, 3.05) is 5.75 Å². The first-order valence-electron chi connectivity index (χ1n) is 6.35. The third-order valence-corrected chi connectivity index (χ3v) is 4.13. The van der Waals surface area contributed by atoms with Crippen molar-refractivity contribution in [3.8, 4) is 0 Å². The van der Waals surface area contributed by atoms with Gasteiger partial charge in [-0.1, -0.05) is 35.9 Å². The number of hydrogen-bond acceptors (Lipinski definition) is 3. The maximum atomic E-state index is 9.84. The van der Waals surface area contributed by atoms with Gasteiger partial charge in [0.05, 0.1) is 18.8 Å². The Hall–Kier alpha value is -0.770. The lowest BCUT2D eigenvalue weighted by Crippen LogP contribution is -2.24. The highest BCUT2D eigenvalue weighted by molar-refractivity contribution is 8.02. The number of rotatable bonds is 3. The first kappa shape index (κ1) is 13.7. The van der Waals surface area contributed by atoms with Crippen LogP contribution in [0.25, 0.3) is 0 Å². The van der Waals surface area contributed by atoms with E-state index in [-0.39, 0.29) is 12.2 Å². The minimum absolute atomic E-state index is 0.123. The van der Waals surface area contributed by atoms with Crippen LogP contribution in [0.1, 0.15) is 25.3 Å². The second-order valence-corrected chi connectivity index (χ2v) is 5.71. The van der Waals surface area contributed by atoms with Gasteiger partial charge < -0.3 is 9.84 Å². The Morgan fingerprint density at radius 1 is 1.33 bits per heavy atom. The van der Waals surface area contributed by atoms with Gasteiger partial charge in [-0.2, -0.15) is 0 Å². The number of aliphatic hydroxyl groups is 1. The summed E-state index contributed by atoms with van der Waals surface area (Å²) >= 11 is 1.69. The minimum Gasteiger partial charge on any atom is -0.392 e. The van der Waals surface area contributed by atoms with E-state index in [1.165, 1.54) is 11.1 Å². The van der Waals surface area contributed by atoms with Crippen molar-refractivity contribution in [1.29, 1.82) is 0 Å². The largest absolute Gasteiger partial charge is 0.392 e. The molecule has 0 bridgehead atoms. The van der Waals surface area contributed by atoms with Gasteiger partial charge in [0.1, 0.15) is 0 Å². The predicted molar refractivity (Wildman–Crippen MR) is 76.5 cm³/mol. The van der Waals surface area contributed by atoms with Crippen LogP contribution in [0.5, 0.6) is 0 Å². The van der Waals surface area contributed by atoms with Gasteiger partial charge in [-0.05, 0) is 24.3 Å². The van der Waals surface area contributed by atoms with Crippen LogP contribution in [-0.2, 0) is 11.3 Å². The fraction of sp³-hybridized carbons (Fsp3) is 0.467. The zero-order valence-corrected chi connectivity index (χ0v) is 11.5. The monoisotopic (exact) mass is 264 g/mol. The summed E-state index contributed by atoms with van der Waals surface area (Å²) < 4.78 is 5.94. The molecule has 1 N–H and O–H groups in total. The highest BCUT2D eigenvalue weighted by Gasteiger charge is 2.18. The third-order valence-electron chi connectivity index (χ3n) is 2.99. The van der Waals surface area contributed by atoms with E-state index < -0.39 is 0 Å². The second kappa shape index (κ2) is 6.98. The number of aliphatic hydroxyl groups excluding tert-OH is 1. The van der Waals surface area contributed by atoms with Crippen molar-refractivity contribution in [1.82, 2.24) is 0 Å². The van der Waals surface area contributed by atoms with Crippen molar-refractivity contribution in [2.24, 2.45) is 0 Å². The highest BCUT2D eigenvalue weighted by atomic mass is 32.2. The summed E-state index contributed by atoms with van der Waals surface area (Å²) in [5.41, 5.74) is 2.52. The van der Waals surface area contributed by atoms with Gasteiger partial charge in [0, 0.05) is 12.2 Å². The van der Waals surface area contributed by atoms with Crippen LogP contribution in [0, 0.1) is 0 Å². The molecule has 0 saturated heterocycles. The van der Waals surface area contributed by atoms with E-state index >= 15 is 0 Å². The van der Waals surface area contributed by atoms with Gasteiger partial charge in [-0.15, -0.1) is 11.8 Å². The fourth-order valence-electron chi connectivity index (χ4n) is 2.08. The summed E-state index contributed by atoms with van der Waals surface area (Å²) in [7, 11) is 0. The molecule has 2 atom stereocenters. The van der Waals surface area contributed by atoms with Crippen LogP contribution in [0.3, 0.4) is 0 Å². The first-order valence-corrected chi connectivity index (χ1v) is 7.40. The minimum atomic E-state index is -0.264. The van der Waals surface area contributed by atoms with Crippen molar-refractivity contribution < 1.29 is 9.84 Å². The van der Waals surface area contributed by atoms with Crippen molar-refractivity contribution >= 4 is 11.8 Å². The van der Waals surface area contributed by atoms with Crippen molar-refractivity contribution in [2.45, 2.75) is 38.6 Å². The van der Waals surface area contributed by atoms with E-state index in [2.05, 4.69) is 24.5 Å². The lowest BCUT2D eigenvalue weighted by molar-refractivity contribution is 0.00904. The fourth-order valence-corrected chi connectivity index (χ4v) is 2.91. The maximum Gasteiger partial charge on any atom is 0.0720 e. The van der Waals surface area contributed by atoms with E-state index in [9.17, 15) is 5.11 Å². The number of thioether (sulfide) groups is 1. The molecule has 98 valence electrons. The molecule has 0 fully saturated rings. The summed E-state index contributed by atoms with van der Waals surface area (Å²) in [5.74, 6) is 0.766. The summed E-state index contributed by atoms with van der Waals surface area (Å²) in [4.78, 5) is 0. The molecule has 1 aliphatic rings. The molecule has 1 heterocycles. The molecule has 2 nitrogen and oxygen atoms in total.